The van der Waals surface area contributed by atoms with Gasteiger partial charge in [0.15, 0.2) is 11.5 Å². The van der Waals surface area contributed by atoms with Crippen LogP contribution in [0.25, 0.3) is 11.1 Å². The Morgan fingerprint density at radius 2 is 2.12 bits per heavy atom. The quantitative estimate of drug-likeness (QED) is 0.749. The number of carboxylic acids is 1. The zero-order chi connectivity index (χ0) is 12.6. The maximum absolute atomic E-state index is 11.3. The molecule has 88 valence electrons. The lowest BCUT2D eigenvalue weighted by Crippen LogP contribution is -2.32. The van der Waals surface area contributed by atoms with Crippen LogP contribution in [0, 0.1) is 6.92 Å². The van der Waals surface area contributed by atoms with E-state index in [1.807, 2.05) is 0 Å². The third kappa shape index (κ3) is 1.96. The van der Waals surface area contributed by atoms with Crippen molar-refractivity contribution in [2.75, 3.05) is 11.9 Å². The minimum atomic E-state index is -1.50. The van der Waals surface area contributed by atoms with Crippen molar-refractivity contribution in [3.63, 3.8) is 0 Å². The summed E-state index contributed by atoms with van der Waals surface area (Å²) in [6, 6.07) is 4.86. The smallest absolute Gasteiger partial charge is 0.394 e. The molecule has 0 radical (unpaired) electrons. The first-order valence-corrected chi connectivity index (χ1v) is 4.87. The molecule has 1 aromatic heterocycles. The molecule has 1 heterocycles. The Kier molecular flexibility index (Phi) is 2.55. The van der Waals surface area contributed by atoms with Crippen molar-refractivity contribution >= 4 is 28.7 Å². The normalized spacial score (nSPS) is 10.5. The van der Waals surface area contributed by atoms with Crippen molar-refractivity contribution < 1.29 is 19.1 Å². The Morgan fingerprint density at radius 3 is 2.76 bits per heavy atom. The standard InChI is InChI=1S/C11H10N2O4/c1-6-12-8-5-7(3-4-9(8)17-6)13(2)10(14)11(15)16/h3-5H,1-2H3,(H,15,16). The van der Waals surface area contributed by atoms with Crippen molar-refractivity contribution in [2.24, 2.45) is 0 Å². The summed E-state index contributed by atoms with van der Waals surface area (Å²) < 4.78 is 5.28. The highest BCUT2D eigenvalue weighted by Gasteiger charge is 2.19. The maximum atomic E-state index is 11.3. The largest absolute Gasteiger partial charge is 0.474 e. The van der Waals surface area contributed by atoms with Crippen LogP contribution < -0.4 is 4.90 Å². The molecule has 0 saturated carbocycles. The molecule has 0 unspecified atom stereocenters. The number of carbonyl (C=O) groups excluding carboxylic acids is 1. The fourth-order valence-corrected chi connectivity index (χ4v) is 1.50. The Balaban J connectivity index is 2.42. The lowest BCUT2D eigenvalue weighted by atomic mass is 10.2. The monoisotopic (exact) mass is 234 g/mol. The molecule has 0 aliphatic heterocycles. The molecule has 0 atom stereocenters. The van der Waals surface area contributed by atoms with Gasteiger partial charge in [-0.15, -0.1) is 0 Å². The average Bonchev–Trinajstić information content (AvgIpc) is 2.65. The minimum Gasteiger partial charge on any atom is -0.474 e. The fraction of sp³-hybridized carbons (Fsp3) is 0.182. The molecule has 6 heteroatoms. The number of likely N-dealkylation sites (N-methyl/N-ethyl adjacent to an activating group) is 1. The molecular formula is C11H10N2O4. The van der Waals surface area contributed by atoms with Gasteiger partial charge in [-0.25, -0.2) is 9.78 Å². The highest BCUT2D eigenvalue weighted by molar-refractivity contribution is 6.37. The summed E-state index contributed by atoms with van der Waals surface area (Å²) in [5, 5.41) is 8.61. The predicted molar refractivity (Wildman–Crippen MR) is 59.8 cm³/mol. The van der Waals surface area contributed by atoms with Crippen LogP contribution in [0.4, 0.5) is 5.69 Å². The van der Waals surface area contributed by atoms with Crippen molar-refractivity contribution in [1.29, 1.82) is 0 Å². The second kappa shape index (κ2) is 3.89. The molecule has 1 aromatic carbocycles. The van der Waals surface area contributed by atoms with E-state index in [2.05, 4.69) is 4.98 Å². The molecule has 1 N–H and O–H groups in total. The van der Waals surface area contributed by atoms with Crippen molar-refractivity contribution in [2.45, 2.75) is 6.92 Å². The molecule has 2 rings (SSSR count). The molecule has 0 fully saturated rings. The van der Waals surface area contributed by atoms with Crippen LogP contribution in [-0.2, 0) is 9.59 Å². The zero-order valence-corrected chi connectivity index (χ0v) is 9.30. The van der Waals surface area contributed by atoms with Crippen LogP contribution in [0.3, 0.4) is 0 Å². The number of nitrogens with zero attached hydrogens (tertiary/aromatic N) is 2. The highest BCUT2D eigenvalue weighted by Crippen LogP contribution is 2.21. The van der Waals surface area contributed by atoms with Crippen molar-refractivity contribution in [3.8, 4) is 0 Å². The molecule has 2 aromatic rings. The average molecular weight is 234 g/mol. The molecular weight excluding hydrogens is 224 g/mol. The molecule has 6 nitrogen and oxygen atoms in total. The number of hydrogen-bond acceptors (Lipinski definition) is 4. The SMILES string of the molecule is Cc1nc2cc(N(C)C(=O)C(=O)O)ccc2o1. The first-order valence-electron chi connectivity index (χ1n) is 4.87. The van der Waals surface area contributed by atoms with Gasteiger partial charge in [-0.2, -0.15) is 0 Å². The third-order valence-corrected chi connectivity index (χ3v) is 2.35. The predicted octanol–water partition coefficient (Wildman–Crippen LogP) is 1.18. The number of amides is 1. The summed E-state index contributed by atoms with van der Waals surface area (Å²) in [4.78, 5) is 27.0. The number of rotatable bonds is 1. The van der Waals surface area contributed by atoms with E-state index in [1.165, 1.54) is 7.05 Å². The van der Waals surface area contributed by atoms with E-state index >= 15 is 0 Å². The number of aliphatic carboxylic acids is 1. The number of hydrogen-bond donors (Lipinski definition) is 1. The Morgan fingerprint density at radius 1 is 1.41 bits per heavy atom. The maximum Gasteiger partial charge on any atom is 0.394 e. The van der Waals surface area contributed by atoms with E-state index < -0.39 is 11.9 Å². The summed E-state index contributed by atoms with van der Waals surface area (Å²) in [5.74, 6) is -1.97. The second-order valence-corrected chi connectivity index (χ2v) is 3.55. The molecule has 0 saturated heterocycles. The molecule has 0 aliphatic rings. The van der Waals surface area contributed by atoms with Gasteiger partial charge in [0.2, 0.25) is 0 Å². The van der Waals surface area contributed by atoms with E-state index in [-0.39, 0.29) is 0 Å². The van der Waals surface area contributed by atoms with Crippen LogP contribution in [0.15, 0.2) is 22.6 Å². The van der Waals surface area contributed by atoms with Crippen LogP contribution in [-0.4, -0.2) is 29.0 Å². The Labute approximate surface area is 96.5 Å². The number of carbonyl (C=O) groups is 2. The van der Waals surface area contributed by atoms with Crippen LogP contribution in [0.1, 0.15) is 5.89 Å². The lowest BCUT2D eigenvalue weighted by Gasteiger charge is -2.13. The Bertz CT molecular complexity index is 603. The summed E-state index contributed by atoms with van der Waals surface area (Å²) in [6.45, 7) is 1.71. The first-order chi connectivity index (χ1) is 7.99. The fourth-order valence-electron chi connectivity index (χ4n) is 1.50. The molecule has 17 heavy (non-hydrogen) atoms. The van der Waals surface area contributed by atoms with Crippen LogP contribution >= 0.6 is 0 Å². The van der Waals surface area contributed by atoms with Gasteiger partial charge in [-0.05, 0) is 18.2 Å². The van der Waals surface area contributed by atoms with Crippen molar-refractivity contribution in [3.05, 3.63) is 24.1 Å². The van der Waals surface area contributed by atoms with Gasteiger partial charge in [-0.3, -0.25) is 4.79 Å². The molecule has 0 spiro atoms. The van der Waals surface area contributed by atoms with Crippen LogP contribution in [0.2, 0.25) is 0 Å². The number of carboxylic acid groups (broad SMARTS) is 1. The lowest BCUT2D eigenvalue weighted by molar-refractivity contribution is -0.148. The van der Waals surface area contributed by atoms with E-state index in [1.54, 1.807) is 25.1 Å². The van der Waals surface area contributed by atoms with Gasteiger partial charge in [-0.1, -0.05) is 0 Å². The molecule has 0 bridgehead atoms. The van der Waals surface area contributed by atoms with Gasteiger partial charge in [0.25, 0.3) is 0 Å². The van der Waals surface area contributed by atoms with E-state index in [9.17, 15) is 9.59 Å². The second-order valence-electron chi connectivity index (χ2n) is 3.55. The highest BCUT2D eigenvalue weighted by atomic mass is 16.4. The number of benzene rings is 1. The number of anilines is 1. The van der Waals surface area contributed by atoms with Gasteiger partial charge in [0.05, 0.1) is 0 Å². The summed E-state index contributed by atoms with van der Waals surface area (Å²) >= 11 is 0. The number of aromatic nitrogens is 1. The minimum absolute atomic E-state index is 0.457. The zero-order valence-electron chi connectivity index (χ0n) is 9.30. The van der Waals surface area contributed by atoms with Crippen LogP contribution in [0.5, 0.6) is 0 Å². The van der Waals surface area contributed by atoms with Gasteiger partial charge in [0.1, 0.15) is 5.52 Å². The van der Waals surface area contributed by atoms with E-state index in [0.717, 1.165) is 4.90 Å². The Hall–Kier alpha value is -2.37. The van der Waals surface area contributed by atoms with E-state index in [0.29, 0.717) is 22.7 Å². The van der Waals surface area contributed by atoms with E-state index in [4.69, 9.17) is 9.52 Å². The topological polar surface area (TPSA) is 83.6 Å². The van der Waals surface area contributed by atoms with Gasteiger partial charge >= 0.3 is 11.9 Å². The number of oxazole rings is 1. The van der Waals surface area contributed by atoms with Crippen molar-refractivity contribution in [1.82, 2.24) is 4.98 Å². The number of fused-ring (bicyclic) bond motifs is 1. The molecule has 0 aliphatic carbocycles. The van der Waals surface area contributed by atoms with Gasteiger partial charge in [0, 0.05) is 19.7 Å². The molecule has 1 amide bonds. The summed E-state index contributed by atoms with van der Waals surface area (Å²) in [7, 11) is 1.39. The number of aryl methyl sites for hydroxylation is 1. The first kappa shape index (κ1) is 11.1. The van der Waals surface area contributed by atoms with Gasteiger partial charge < -0.3 is 14.4 Å². The third-order valence-electron chi connectivity index (χ3n) is 2.35. The summed E-state index contributed by atoms with van der Waals surface area (Å²) in [6.07, 6.45) is 0. The summed E-state index contributed by atoms with van der Waals surface area (Å²) in [5.41, 5.74) is 1.64.